The summed E-state index contributed by atoms with van der Waals surface area (Å²) in [7, 11) is 0. The molecule has 2 bridgehead atoms. The molecule has 5 N–H and O–H groups in total. The van der Waals surface area contributed by atoms with Crippen molar-refractivity contribution in [2.75, 3.05) is 0 Å². The van der Waals surface area contributed by atoms with Crippen LogP contribution in [0.4, 0.5) is 0 Å². The Bertz CT molecular complexity index is 1810. The number of fused-ring (bicyclic) bond motifs is 13. The number of ether oxygens (including phenoxy) is 1. The summed E-state index contributed by atoms with van der Waals surface area (Å²) in [5, 5.41) is 6.92. The lowest BCUT2D eigenvalue weighted by Gasteiger charge is -2.38. The Hall–Kier alpha value is -3.88. The molecular formula is C26H21N5O3. The van der Waals surface area contributed by atoms with E-state index in [1.807, 2.05) is 49.4 Å². The van der Waals surface area contributed by atoms with E-state index in [0.717, 1.165) is 54.7 Å². The second-order valence-electron chi connectivity index (χ2n) is 9.82. The summed E-state index contributed by atoms with van der Waals surface area (Å²) in [4.78, 5) is 26.1. The van der Waals surface area contributed by atoms with Gasteiger partial charge in [-0.1, -0.05) is 36.4 Å². The van der Waals surface area contributed by atoms with Gasteiger partial charge in [-0.05, 0) is 24.6 Å². The van der Waals surface area contributed by atoms with Gasteiger partial charge in [0, 0.05) is 34.5 Å². The van der Waals surface area contributed by atoms with Gasteiger partial charge < -0.3 is 30.7 Å². The number of benzene rings is 3. The maximum absolute atomic E-state index is 13.2. The number of hydrogen-bond donors (Lipinski definition) is 3. The lowest BCUT2D eigenvalue weighted by atomic mass is 9.85. The van der Waals surface area contributed by atoms with Gasteiger partial charge in [-0.2, -0.15) is 0 Å². The molecule has 5 aromatic rings. The van der Waals surface area contributed by atoms with E-state index in [1.165, 1.54) is 0 Å². The summed E-state index contributed by atoms with van der Waals surface area (Å²) in [5.41, 5.74) is 15.5. The number of aromatic nitrogens is 2. The van der Waals surface area contributed by atoms with E-state index in [1.54, 1.807) is 0 Å². The largest absolute Gasteiger partial charge is 0.368 e. The Morgan fingerprint density at radius 3 is 2.47 bits per heavy atom. The van der Waals surface area contributed by atoms with Crippen molar-refractivity contribution in [1.82, 2.24) is 14.5 Å². The molecule has 34 heavy (non-hydrogen) atoms. The molecule has 1 saturated heterocycles. The van der Waals surface area contributed by atoms with Gasteiger partial charge in [0.2, 0.25) is 5.91 Å². The van der Waals surface area contributed by atoms with Gasteiger partial charge in [-0.25, -0.2) is 0 Å². The third kappa shape index (κ3) is 1.71. The van der Waals surface area contributed by atoms with E-state index in [2.05, 4.69) is 20.5 Å². The number of primary amides is 1. The second kappa shape index (κ2) is 5.43. The number of nitrogens with two attached hydrogens (primary N) is 2. The number of carbonyl (C=O) groups excluding carboxylic acids is 2. The normalized spacial score (nSPS) is 27.2. The molecule has 8 heteroatoms. The molecule has 8 rings (SSSR count). The highest BCUT2D eigenvalue weighted by Crippen LogP contribution is 2.56. The minimum Gasteiger partial charge on any atom is -0.368 e. The number of rotatable bonds is 1. The first kappa shape index (κ1) is 18.5. The molecule has 3 atom stereocenters. The zero-order chi connectivity index (χ0) is 23.1. The summed E-state index contributed by atoms with van der Waals surface area (Å²) in [5.74, 6) is -0.666. The average Bonchev–Trinajstić information content (AvgIpc) is 3.51. The standard InChI is InChI=1S/C26H21N5O3/c1-25-26(28,24(27)33)10-17(34-25)30-15-8-4-2-6-12(15)19-20-14(11-29-23(20)32)18-13-7-3-5-9-16(13)31(25)22(18)21(19)30/h2-9,17H,10-11,28H2,1H3,(H2,27,33)(H,29,32)/t17-,25+,26+/m1/s1. The van der Waals surface area contributed by atoms with Gasteiger partial charge >= 0.3 is 0 Å². The van der Waals surface area contributed by atoms with E-state index in [-0.39, 0.29) is 12.3 Å². The minimum atomic E-state index is -1.44. The summed E-state index contributed by atoms with van der Waals surface area (Å²) >= 11 is 0. The number of amides is 2. The van der Waals surface area contributed by atoms with Crippen molar-refractivity contribution < 1.29 is 14.3 Å². The Balaban J connectivity index is 1.77. The second-order valence-corrected chi connectivity index (χ2v) is 9.82. The Kier molecular flexibility index (Phi) is 2.96. The predicted octanol–water partition coefficient (Wildman–Crippen LogP) is 2.93. The van der Waals surface area contributed by atoms with Crippen molar-refractivity contribution in [1.29, 1.82) is 0 Å². The number of nitrogens with zero attached hydrogens (tertiary/aromatic N) is 2. The number of carbonyl (C=O) groups is 2. The van der Waals surface area contributed by atoms with Gasteiger partial charge in [0.15, 0.2) is 5.72 Å². The maximum Gasteiger partial charge on any atom is 0.252 e. The summed E-state index contributed by atoms with van der Waals surface area (Å²) in [6, 6.07) is 16.0. The topological polar surface area (TPSA) is 117 Å². The van der Waals surface area contributed by atoms with Crippen molar-refractivity contribution in [3.63, 3.8) is 0 Å². The molecule has 3 aliphatic heterocycles. The highest BCUT2D eigenvalue weighted by atomic mass is 16.5. The first-order valence-corrected chi connectivity index (χ1v) is 11.4. The van der Waals surface area contributed by atoms with Crippen molar-refractivity contribution in [2.45, 2.75) is 37.4 Å². The molecule has 0 radical (unpaired) electrons. The molecule has 8 nitrogen and oxygen atoms in total. The van der Waals surface area contributed by atoms with Crippen molar-refractivity contribution in [3.05, 3.63) is 59.7 Å². The van der Waals surface area contributed by atoms with E-state index in [9.17, 15) is 9.59 Å². The van der Waals surface area contributed by atoms with Crippen LogP contribution in [-0.2, 0) is 21.8 Å². The fourth-order valence-corrected chi connectivity index (χ4v) is 6.82. The Labute approximate surface area is 193 Å². The molecule has 0 saturated carbocycles. The smallest absolute Gasteiger partial charge is 0.252 e. The first-order chi connectivity index (χ1) is 16.4. The molecule has 1 fully saturated rings. The van der Waals surface area contributed by atoms with Gasteiger partial charge in [0.25, 0.3) is 5.91 Å². The molecular weight excluding hydrogens is 430 g/mol. The molecule has 0 unspecified atom stereocenters. The lowest BCUT2D eigenvalue weighted by Crippen LogP contribution is -2.64. The lowest BCUT2D eigenvalue weighted by molar-refractivity contribution is -0.145. The monoisotopic (exact) mass is 451 g/mol. The molecule has 0 aliphatic carbocycles. The fourth-order valence-electron chi connectivity index (χ4n) is 6.82. The van der Waals surface area contributed by atoms with Crippen LogP contribution in [0, 0.1) is 0 Å². The van der Waals surface area contributed by atoms with E-state index in [0.29, 0.717) is 6.54 Å². The van der Waals surface area contributed by atoms with Gasteiger partial charge in [-0.15, -0.1) is 0 Å². The van der Waals surface area contributed by atoms with Crippen LogP contribution in [0.15, 0.2) is 48.5 Å². The van der Waals surface area contributed by atoms with Crippen LogP contribution in [0.3, 0.4) is 0 Å². The van der Waals surface area contributed by atoms with Crippen LogP contribution < -0.4 is 16.8 Å². The van der Waals surface area contributed by atoms with Gasteiger partial charge in [0.1, 0.15) is 11.8 Å². The summed E-state index contributed by atoms with van der Waals surface area (Å²) < 4.78 is 10.9. The highest BCUT2D eigenvalue weighted by molar-refractivity contribution is 6.31. The number of hydrogen-bond acceptors (Lipinski definition) is 4. The summed E-state index contributed by atoms with van der Waals surface area (Å²) in [6.45, 7) is 2.31. The van der Waals surface area contributed by atoms with Gasteiger partial charge in [-0.3, -0.25) is 9.59 Å². The quantitative estimate of drug-likeness (QED) is 0.363. The predicted molar refractivity (Wildman–Crippen MR) is 128 cm³/mol. The third-order valence-electron chi connectivity index (χ3n) is 8.36. The van der Waals surface area contributed by atoms with Crippen molar-refractivity contribution in [3.8, 4) is 0 Å². The molecule has 3 aromatic carbocycles. The zero-order valence-corrected chi connectivity index (χ0v) is 18.4. The average molecular weight is 451 g/mol. The SMILES string of the molecule is C[C@]12O[C@H](C[C@]1(N)C(N)=O)n1c3ccccc3c3c4c(c5c6ccccc6n2c5c31)CNC4=O. The molecule has 2 amide bonds. The van der Waals surface area contributed by atoms with Crippen LogP contribution in [0.2, 0.25) is 0 Å². The zero-order valence-electron chi connectivity index (χ0n) is 18.4. The Morgan fingerprint density at radius 1 is 1.06 bits per heavy atom. The van der Waals surface area contributed by atoms with Crippen LogP contribution >= 0.6 is 0 Å². The number of para-hydroxylation sites is 2. The van der Waals surface area contributed by atoms with E-state index < -0.39 is 23.4 Å². The Morgan fingerprint density at radius 2 is 1.74 bits per heavy atom. The van der Waals surface area contributed by atoms with E-state index >= 15 is 0 Å². The molecule has 0 spiro atoms. The van der Waals surface area contributed by atoms with Crippen LogP contribution in [-0.4, -0.2) is 26.5 Å². The van der Waals surface area contributed by atoms with Gasteiger partial charge in [0.05, 0.1) is 27.6 Å². The van der Waals surface area contributed by atoms with Crippen molar-refractivity contribution >= 4 is 55.4 Å². The van der Waals surface area contributed by atoms with Crippen LogP contribution in [0.1, 0.15) is 35.5 Å². The molecule has 5 heterocycles. The molecule has 168 valence electrons. The molecule has 3 aliphatic rings. The molecule has 2 aromatic heterocycles. The minimum absolute atomic E-state index is 0.0662. The first-order valence-electron chi connectivity index (χ1n) is 11.4. The van der Waals surface area contributed by atoms with E-state index in [4.69, 9.17) is 16.2 Å². The highest BCUT2D eigenvalue weighted by Gasteiger charge is 2.62. The third-order valence-corrected chi connectivity index (χ3v) is 8.36. The summed E-state index contributed by atoms with van der Waals surface area (Å²) in [6.07, 6.45) is -0.294. The van der Waals surface area contributed by atoms with Crippen molar-refractivity contribution in [2.24, 2.45) is 11.5 Å². The van der Waals surface area contributed by atoms with Crippen LogP contribution in [0.5, 0.6) is 0 Å². The maximum atomic E-state index is 13.2. The number of nitrogens with one attached hydrogen (secondary N) is 1. The van der Waals surface area contributed by atoms with Crippen LogP contribution in [0.25, 0.3) is 43.6 Å². The fraction of sp³-hybridized carbons (Fsp3) is 0.231.